The minimum absolute atomic E-state index is 0.00638. The number of nitrogens with one attached hydrogen (secondary N) is 2. The van der Waals surface area contributed by atoms with Crippen LogP contribution in [0.5, 0.6) is 0 Å². The number of hydrogen-bond acceptors (Lipinski definition) is 4. The summed E-state index contributed by atoms with van der Waals surface area (Å²) < 4.78 is 28.3. The van der Waals surface area contributed by atoms with Gasteiger partial charge in [0, 0.05) is 36.4 Å². The van der Waals surface area contributed by atoms with Crippen molar-refractivity contribution in [3.05, 3.63) is 94.5 Å². The molecular weight excluding hydrogens is 462 g/mol. The second-order valence-electron chi connectivity index (χ2n) is 8.84. The van der Waals surface area contributed by atoms with Gasteiger partial charge in [-0.25, -0.2) is 8.42 Å². The first-order chi connectivity index (χ1) is 16.5. The molecule has 2 N–H and O–H groups in total. The number of nitrogens with zero attached hydrogens (tertiary/aromatic N) is 1. The molecule has 0 unspecified atom stereocenters. The van der Waals surface area contributed by atoms with E-state index in [-0.39, 0.29) is 34.9 Å². The maximum atomic E-state index is 12.9. The summed E-state index contributed by atoms with van der Waals surface area (Å²) >= 11 is 0. The van der Waals surface area contributed by atoms with Gasteiger partial charge in [0.2, 0.25) is 0 Å². The molecule has 0 saturated heterocycles. The van der Waals surface area contributed by atoms with E-state index in [4.69, 9.17) is 0 Å². The Bertz CT molecular complexity index is 1330. The molecule has 0 fully saturated rings. The molecule has 3 aromatic carbocycles. The molecule has 0 radical (unpaired) electrons. The van der Waals surface area contributed by atoms with E-state index in [1.165, 1.54) is 12.1 Å². The summed E-state index contributed by atoms with van der Waals surface area (Å²) in [6.07, 6.45) is 0. The van der Waals surface area contributed by atoms with Crippen molar-refractivity contribution in [3.8, 4) is 0 Å². The molecule has 0 bridgehead atoms. The normalized spacial score (nSPS) is 11.3. The van der Waals surface area contributed by atoms with Crippen LogP contribution >= 0.6 is 0 Å². The van der Waals surface area contributed by atoms with Crippen LogP contribution in [0.4, 0.5) is 5.69 Å². The summed E-state index contributed by atoms with van der Waals surface area (Å²) in [4.78, 5) is 27.0. The molecule has 0 atom stereocenters. The first-order valence-corrected chi connectivity index (χ1v) is 12.8. The zero-order valence-electron chi connectivity index (χ0n) is 20.6. The van der Waals surface area contributed by atoms with E-state index in [9.17, 15) is 18.0 Å². The van der Waals surface area contributed by atoms with Crippen molar-refractivity contribution in [3.63, 3.8) is 0 Å². The zero-order valence-corrected chi connectivity index (χ0v) is 21.4. The van der Waals surface area contributed by atoms with E-state index in [2.05, 4.69) is 10.0 Å². The minimum atomic E-state index is -3.86. The Hall–Kier alpha value is -3.65. The Balaban J connectivity index is 1.71. The summed E-state index contributed by atoms with van der Waals surface area (Å²) in [5.41, 5.74) is 3.73. The first-order valence-electron chi connectivity index (χ1n) is 11.3. The number of benzene rings is 3. The fourth-order valence-electron chi connectivity index (χ4n) is 3.42. The number of sulfonamides is 1. The van der Waals surface area contributed by atoms with E-state index in [0.717, 1.165) is 11.1 Å². The second-order valence-corrected chi connectivity index (χ2v) is 10.5. The van der Waals surface area contributed by atoms with Crippen LogP contribution in [0.2, 0.25) is 0 Å². The van der Waals surface area contributed by atoms with Crippen LogP contribution in [-0.2, 0) is 16.6 Å². The molecule has 0 aliphatic rings. The summed E-state index contributed by atoms with van der Waals surface area (Å²) in [5, 5.41) is 2.83. The van der Waals surface area contributed by atoms with Gasteiger partial charge in [-0.1, -0.05) is 30.3 Å². The Labute approximate surface area is 207 Å². The van der Waals surface area contributed by atoms with E-state index in [0.29, 0.717) is 16.8 Å². The maximum Gasteiger partial charge on any atom is 0.261 e. The van der Waals surface area contributed by atoms with Crippen molar-refractivity contribution in [2.45, 2.75) is 45.2 Å². The summed E-state index contributed by atoms with van der Waals surface area (Å²) in [6, 6.07) is 18.7. The molecule has 184 valence electrons. The van der Waals surface area contributed by atoms with Gasteiger partial charge in [-0.05, 0) is 80.8 Å². The molecule has 8 heteroatoms. The summed E-state index contributed by atoms with van der Waals surface area (Å²) in [6.45, 7) is 7.77. The number of aryl methyl sites for hydroxylation is 2. The number of rotatable bonds is 8. The van der Waals surface area contributed by atoms with Crippen LogP contribution in [0, 0.1) is 13.8 Å². The SMILES string of the molecule is Cc1cccc(NS(=O)(=O)c2ccc(C)c(C(=O)NCc3ccc(C(=O)N(C)C(C)C)cc3)c2)c1. The molecule has 0 spiro atoms. The van der Waals surface area contributed by atoms with Gasteiger partial charge in [-0.15, -0.1) is 0 Å². The van der Waals surface area contributed by atoms with Gasteiger partial charge in [0.05, 0.1) is 4.90 Å². The first kappa shape index (κ1) is 26.0. The van der Waals surface area contributed by atoms with E-state index in [1.54, 1.807) is 67.4 Å². The second kappa shape index (κ2) is 10.7. The molecule has 0 heterocycles. The van der Waals surface area contributed by atoms with E-state index >= 15 is 0 Å². The molecule has 0 saturated carbocycles. The Morgan fingerprint density at radius 1 is 0.943 bits per heavy atom. The number of amides is 2. The summed E-state index contributed by atoms with van der Waals surface area (Å²) in [7, 11) is -2.10. The lowest BCUT2D eigenvalue weighted by Gasteiger charge is -2.21. The largest absolute Gasteiger partial charge is 0.348 e. The van der Waals surface area contributed by atoms with Gasteiger partial charge in [-0.2, -0.15) is 0 Å². The van der Waals surface area contributed by atoms with Crippen molar-refractivity contribution < 1.29 is 18.0 Å². The van der Waals surface area contributed by atoms with Gasteiger partial charge in [0.25, 0.3) is 21.8 Å². The van der Waals surface area contributed by atoms with Crippen LogP contribution in [0.25, 0.3) is 0 Å². The van der Waals surface area contributed by atoms with Gasteiger partial charge in [0.15, 0.2) is 0 Å². The predicted molar refractivity (Wildman–Crippen MR) is 138 cm³/mol. The topological polar surface area (TPSA) is 95.6 Å². The van der Waals surface area contributed by atoms with Gasteiger partial charge in [-0.3, -0.25) is 14.3 Å². The zero-order chi connectivity index (χ0) is 25.8. The third-order valence-electron chi connectivity index (χ3n) is 5.78. The molecular formula is C27H31N3O4S. The van der Waals surface area contributed by atoms with Crippen molar-refractivity contribution >= 4 is 27.5 Å². The maximum absolute atomic E-state index is 12.9. The fourth-order valence-corrected chi connectivity index (χ4v) is 4.49. The number of carbonyl (C=O) groups is 2. The number of carbonyl (C=O) groups excluding carboxylic acids is 2. The quantitative estimate of drug-likeness (QED) is 0.482. The Morgan fingerprint density at radius 3 is 2.26 bits per heavy atom. The standard InChI is InChI=1S/C27H31N3O4S/c1-18(2)30(5)27(32)22-12-10-21(11-13-22)17-28-26(31)25-16-24(14-9-20(25)4)35(33,34)29-23-8-6-7-19(3)15-23/h6-16,18,29H,17H2,1-5H3,(H,28,31). The monoisotopic (exact) mass is 493 g/mol. The van der Waals surface area contributed by atoms with Crippen LogP contribution in [0.3, 0.4) is 0 Å². The lowest BCUT2D eigenvalue weighted by molar-refractivity contribution is 0.0754. The van der Waals surface area contributed by atoms with Crippen molar-refractivity contribution in [1.29, 1.82) is 0 Å². The third-order valence-corrected chi connectivity index (χ3v) is 7.16. The average molecular weight is 494 g/mol. The predicted octanol–water partition coefficient (Wildman–Crippen LogP) is 4.51. The van der Waals surface area contributed by atoms with E-state index < -0.39 is 10.0 Å². The van der Waals surface area contributed by atoms with Crippen molar-refractivity contribution in [2.24, 2.45) is 0 Å². The van der Waals surface area contributed by atoms with Crippen LogP contribution in [-0.4, -0.2) is 38.2 Å². The van der Waals surface area contributed by atoms with Gasteiger partial charge in [0.1, 0.15) is 0 Å². The number of hydrogen-bond donors (Lipinski definition) is 2. The highest BCUT2D eigenvalue weighted by Crippen LogP contribution is 2.20. The lowest BCUT2D eigenvalue weighted by atomic mass is 10.1. The molecule has 0 aliphatic carbocycles. The van der Waals surface area contributed by atoms with Crippen LogP contribution in [0.15, 0.2) is 71.6 Å². The Morgan fingerprint density at radius 2 is 1.63 bits per heavy atom. The molecule has 2 amide bonds. The van der Waals surface area contributed by atoms with Crippen LogP contribution in [0.1, 0.15) is 51.3 Å². The highest BCUT2D eigenvalue weighted by Gasteiger charge is 2.19. The molecule has 3 aromatic rings. The average Bonchev–Trinajstić information content (AvgIpc) is 2.81. The smallest absolute Gasteiger partial charge is 0.261 e. The molecule has 0 aromatic heterocycles. The molecule has 7 nitrogen and oxygen atoms in total. The van der Waals surface area contributed by atoms with Crippen LogP contribution < -0.4 is 10.0 Å². The molecule has 35 heavy (non-hydrogen) atoms. The van der Waals surface area contributed by atoms with Crippen molar-refractivity contribution in [2.75, 3.05) is 11.8 Å². The van der Waals surface area contributed by atoms with Gasteiger partial charge < -0.3 is 10.2 Å². The van der Waals surface area contributed by atoms with Gasteiger partial charge >= 0.3 is 0 Å². The van der Waals surface area contributed by atoms with Crippen molar-refractivity contribution in [1.82, 2.24) is 10.2 Å². The fraction of sp³-hybridized carbons (Fsp3) is 0.259. The molecule has 0 aliphatic heterocycles. The molecule has 3 rings (SSSR count). The lowest BCUT2D eigenvalue weighted by Crippen LogP contribution is -2.32. The highest BCUT2D eigenvalue weighted by molar-refractivity contribution is 7.92. The number of anilines is 1. The summed E-state index contributed by atoms with van der Waals surface area (Å²) in [5.74, 6) is -0.446. The Kier molecular flexibility index (Phi) is 7.96. The van der Waals surface area contributed by atoms with E-state index in [1.807, 2.05) is 26.8 Å². The minimum Gasteiger partial charge on any atom is -0.348 e. The third kappa shape index (κ3) is 6.48. The highest BCUT2D eigenvalue weighted by atomic mass is 32.2.